The number of aryl methyl sites for hydroxylation is 1. The molecule has 0 aliphatic heterocycles. The minimum atomic E-state index is 0.322. The third kappa shape index (κ3) is 3.34. The number of thiophene rings is 1. The lowest BCUT2D eigenvalue weighted by molar-refractivity contribution is 0.413. The van der Waals surface area contributed by atoms with Gasteiger partial charge in [0.25, 0.3) is 0 Å². The maximum atomic E-state index is 5.25. The topological polar surface area (TPSA) is 21.3 Å². The lowest BCUT2D eigenvalue weighted by Crippen LogP contribution is -2.17. The smallest absolute Gasteiger partial charge is 0.119 e. The molecule has 0 saturated carbocycles. The Kier molecular flexibility index (Phi) is 4.39. The average molecular weight is 261 g/mol. The summed E-state index contributed by atoms with van der Waals surface area (Å²) in [5, 5.41) is 3.53. The molecule has 0 saturated heterocycles. The fourth-order valence-electron chi connectivity index (χ4n) is 1.86. The molecule has 2 aromatic rings. The summed E-state index contributed by atoms with van der Waals surface area (Å²) in [6, 6.07) is 12.9. The van der Waals surface area contributed by atoms with Crippen LogP contribution in [0, 0.1) is 6.92 Å². The van der Waals surface area contributed by atoms with E-state index in [4.69, 9.17) is 4.74 Å². The van der Waals surface area contributed by atoms with Crippen LogP contribution in [0.3, 0.4) is 0 Å². The van der Waals surface area contributed by atoms with Gasteiger partial charge in [-0.3, -0.25) is 0 Å². The lowest BCUT2D eigenvalue weighted by Gasteiger charge is -2.14. The van der Waals surface area contributed by atoms with Gasteiger partial charge >= 0.3 is 0 Å². The second-order valence-electron chi connectivity index (χ2n) is 4.39. The normalized spacial score (nSPS) is 12.4. The molecule has 96 valence electrons. The SMILES string of the molecule is COc1cccc([C@@H](C)NCc2ccc(C)s2)c1. The van der Waals surface area contributed by atoms with Gasteiger partial charge in [0, 0.05) is 22.3 Å². The Labute approximate surface area is 113 Å². The summed E-state index contributed by atoms with van der Waals surface area (Å²) in [5.41, 5.74) is 1.25. The largest absolute Gasteiger partial charge is 0.497 e. The number of benzene rings is 1. The summed E-state index contributed by atoms with van der Waals surface area (Å²) in [7, 11) is 1.70. The predicted octanol–water partition coefficient (Wildman–Crippen LogP) is 3.92. The van der Waals surface area contributed by atoms with E-state index >= 15 is 0 Å². The highest BCUT2D eigenvalue weighted by atomic mass is 32.1. The highest BCUT2D eigenvalue weighted by Gasteiger charge is 2.06. The molecule has 0 bridgehead atoms. The predicted molar refractivity (Wildman–Crippen MR) is 77.3 cm³/mol. The molecule has 0 unspecified atom stereocenters. The molecule has 1 aromatic heterocycles. The summed E-state index contributed by atoms with van der Waals surface area (Å²) >= 11 is 1.85. The van der Waals surface area contributed by atoms with Crippen LogP contribution in [0.5, 0.6) is 5.75 Å². The zero-order valence-corrected chi connectivity index (χ0v) is 11.9. The van der Waals surface area contributed by atoms with E-state index in [1.165, 1.54) is 15.3 Å². The summed E-state index contributed by atoms with van der Waals surface area (Å²) in [5.74, 6) is 0.910. The van der Waals surface area contributed by atoms with Crippen molar-refractivity contribution in [1.82, 2.24) is 5.32 Å². The van der Waals surface area contributed by atoms with Crippen molar-refractivity contribution in [1.29, 1.82) is 0 Å². The van der Waals surface area contributed by atoms with Crippen LogP contribution in [0.15, 0.2) is 36.4 Å². The van der Waals surface area contributed by atoms with E-state index in [0.717, 1.165) is 12.3 Å². The standard InChI is InChI=1S/C15H19NOS/c1-11-7-8-15(18-11)10-16-12(2)13-5-4-6-14(9-13)17-3/h4-9,12,16H,10H2,1-3H3/t12-/m1/s1. The van der Waals surface area contributed by atoms with Gasteiger partial charge in [-0.1, -0.05) is 12.1 Å². The third-order valence-electron chi connectivity index (χ3n) is 2.97. The highest BCUT2D eigenvalue weighted by molar-refractivity contribution is 7.11. The van der Waals surface area contributed by atoms with E-state index in [9.17, 15) is 0 Å². The Morgan fingerprint density at radius 2 is 2.11 bits per heavy atom. The molecule has 1 atom stereocenters. The van der Waals surface area contributed by atoms with E-state index in [0.29, 0.717) is 6.04 Å². The van der Waals surface area contributed by atoms with E-state index in [-0.39, 0.29) is 0 Å². The van der Waals surface area contributed by atoms with Crippen molar-refractivity contribution in [2.24, 2.45) is 0 Å². The van der Waals surface area contributed by atoms with Gasteiger partial charge in [0.05, 0.1) is 7.11 Å². The summed E-state index contributed by atoms with van der Waals surface area (Å²) in [6.07, 6.45) is 0. The number of hydrogen-bond acceptors (Lipinski definition) is 3. The molecule has 2 rings (SSSR count). The number of rotatable bonds is 5. The molecule has 3 heteroatoms. The molecule has 1 heterocycles. The molecule has 0 aliphatic rings. The Hall–Kier alpha value is -1.32. The van der Waals surface area contributed by atoms with E-state index in [1.807, 2.05) is 23.5 Å². The second kappa shape index (κ2) is 6.03. The van der Waals surface area contributed by atoms with Crippen molar-refractivity contribution >= 4 is 11.3 Å². The molecule has 0 radical (unpaired) electrons. The van der Waals surface area contributed by atoms with Crippen LogP contribution in [0.1, 0.15) is 28.3 Å². The van der Waals surface area contributed by atoms with Crippen LogP contribution in [0.4, 0.5) is 0 Å². The van der Waals surface area contributed by atoms with Crippen molar-refractivity contribution < 1.29 is 4.74 Å². The summed E-state index contributed by atoms with van der Waals surface area (Å²) in [6.45, 7) is 5.23. The molecule has 0 amide bonds. The Balaban J connectivity index is 1.96. The van der Waals surface area contributed by atoms with Crippen molar-refractivity contribution in [2.75, 3.05) is 7.11 Å². The highest BCUT2D eigenvalue weighted by Crippen LogP contribution is 2.20. The van der Waals surface area contributed by atoms with Gasteiger partial charge in [-0.15, -0.1) is 11.3 Å². The van der Waals surface area contributed by atoms with Crippen LogP contribution < -0.4 is 10.1 Å². The zero-order chi connectivity index (χ0) is 13.0. The van der Waals surface area contributed by atoms with Crippen LogP contribution in [-0.2, 0) is 6.54 Å². The molecule has 1 aromatic carbocycles. The van der Waals surface area contributed by atoms with Crippen LogP contribution >= 0.6 is 11.3 Å². The fourth-order valence-corrected chi connectivity index (χ4v) is 2.70. The molecule has 0 spiro atoms. The first-order valence-electron chi connectivity index (χ1n) is 6.11. The molecular weight excluding hydrogens is 242 g/mol. The Morgan fingerprint density at radius 3 is 2.78 bits per heavy atom. The average Bonchev–Trinajstić information content (AvgIpc) is 2.82. The maximum absolute atomic E-state index is 5.25. The van der Waals surface area contributed by atoms with Crippen molar-refractivity contribution in [3.05, 3.63) is 51.7 Å². The van der Waals surface area contributed by atoms with E-state index in [2.05, 4.69) is 43.4 Å². The Morgan fingerprint density at radius 1 is 1.28 bits per heavy atom. The quantitative estimate of drug-likeness (QED) is 0.881. The lowest BCUT2D eigenvalue weighted by atomic mass is 10.1. The van der Waals surface area contributed by atoms with Crippen LogP contribution in [-0.4, -0.2) is 7.11 Å². The third-order valence-corrected chi connectivity index (χ3v) is 3.97. The van der Waals surface area contributed by atoms with Crippen LogP contribution in [0.25, 0.3) is 0 Å². The van der Waals surface area contributed by atoms with Gasteiger partial charge in [0.1, 0.15) is 5.75 Å². The molecule has 1 N–H and O–H groups in total. The monoisotopic (exact) mass is 261 g/mol. The van der Waals surface area contributed by atoms with Crippen molar-refractivity contribution in [3.8, 4) is 5.75 Å². The van der Waals surface area contributed by atoms with Gasteiger partial charge in [-0.25, -0.2) is 0 Å². The number of methoxy groups -OCH3 is 1. The van der Waals surface area contributed by atoms with Gasteiger partial charge in [-0.05, 0) is 43.7 Å². The van der Waals surface area contributed by atoms with Gasteiger partial charge in [0.2, 0.25) is 0 Å². The van der Waals surface area contributed by atoms with Gasteiger partial charge < -0.3 is 10.1 Å². The zero-order valence-electron chi connectivity index (χ0n) is 11.1. The molecule has 0 fully saturated rings. The number of hydrogen-bond donors (Lipinski definition) is 1. The van der Waals surface area contributed by atoms with Gasteiger partial charge in [-0.2, -0.15) is 0 Å². The van der Waals surface area contributed by atoms with Gasteiger partial charge in [0.15, 0.2) is 0 Å². The first-order chi connectivity index (χ1) is 8.69. The minimum Gasteiger partial charge on any atom is -0.497 e. The second-order valence-corrected chi connectivity index (χ2v) is 5.76. The molecule has 0 aliphatic carbocycles. The van der Waals surface area contributed by atoms with Crippen molar-refractivity contribution in [3.63, 3.8) is 0 Å². The summed E-state index contributed by atoms with van der Waals surface area (Å²) in [4.78, 5) is 2.74. The number of ether oxygens (including phenoxy) is 1. The Bertz CT molecular complexity index is 507. The first kappa shape index (κ1) is 13.1. The van der Waals surface area contributed by atoms with E-state index in [1.54, 1.807) is 7.11 Å². The number of nitrogens with one attached hydrogen (secondary N) is 1. The van der Waals surface area contributed by atoms with Crippen LogP contribution in [0.2, 0.25) is 0 Å². The molecular formula is C15H19NOS. The first-order valence-corrected chi connectivity index (χ1v) is 6.93. The minimum absolute atomic E-state index is 0.322. The van der Waals surface area contributed by atoms with E-state index < -0.39 is 0 Å². The molecule has 2 nitrogen and oxygen atoms in total. The van der Waals surface area contributed by atoms with Crippen molar-refractivity contribution in [2.45, 2.75) is 26.4 Å². The fraction of sp³-hybridized carbons (Fsp3) is 0.333. The summed E-state index contributed by atoms with van der Waals surface area (Å²) < 4.78 is 5.25. The molecule has 18 heavy (non-hydrogen) atoms. The maximum Gasteiger partial charge on any atom is 0.119 e.